The monoisotopic (exact) mass is 468 g/mol. The molecule has 1 unspecified atom stereocenters. The Hall–Kier alpha value is -4.20. The Morgan fingerprint density at radius 1 is 1.00 bits per heavy atom. The zero-order valence-electron chi connectivity index (χ0n) is 20.0. The summed E-state index contributed by atoms with van der Waals surface area (Å²) < 4.78 is 1.75. The van der Waals surface area contributed by atoms with Gasteiger partial charge in [0.05, 0.1) is 22.7 Å². The Bertz CT molecular complexity index is 1390. The van der Waals surface area contributed by atoms with Crippen molar-refractivity contribution in [1.82, 2.24) is 20.1 Å². The summed E-state index contributed by atoms with van der Waals surface area (Å²) in [7, 11) is 1.86. The Balaban J connectivity index is 1.28. The van der Waals surface area contributed by atoms with Crippen LogP contribution in [0.4, 0.5) is 16.2 Å². The number of urea groups is 1. The highest BCUT2D eigenvalue weighted by Gasteiger charge is 2.28. The molecule has 2 aromatic carbocycles. The van der Waals surface area contributed by atoms with E-state index in [4.69, 9.17) is 4.98 Å². The minimum atomic E-state index is -0.315. The van der Waals surface area contributed by atoms with Crippen LogP contribution in [0.25, 0.3) is 11.0 Å². The summed E-state index contributed by atoms with van der Waals surface area (Å²) in [5.41, 5.74) is 5.43. The van der Waals surface area contributed by atoms with Crippen molar-refractivity contribution in [1.29, 1.82) is 0 Å². The SMILES string of the molecule is Cc1nn(C)c2nc(C3CC3)cc(C(=O)NC(C)c3ccc(NC(=O)Nc4ccccc4)cc3)c12. The zero-order chi connectivity index (χ0) is 24.5. The van der Waals surface area contributed by atoms with Gasteiger partial charge in [-0.3, -0.25) is 9.48 Å². The maximum absolute atomic E-state index is 13.3. The predicted molar refractivity (Wildman–Crippen MR) is 137 cm³/mol. The maximum Gasteiger partial charge on any atom is 0.323 e. The van der Waals surface area contributed by atoms with E-state index in [1.807, 2.05) is 81.6 Å². The third kappa shape index (κ3) is 4.87. The Labute approximate surface area is 203 Å². The van der Waals surface area contributed by atoms with E-state index < -0.39 is 0 Å². The van der Waals surface area contributed by atoms with Gasteiger partial charge in [-0.05, 0) is 62.6 Å². The average Bonchev–Trinajstić information content (AvgIpc) is 3.65. The number of fused-ring (bicyclic) bond motifs is 1. The number of benzene rings is 2. The van der Waals surface area contributed by atoms with Crippen LogP contribution in [0.3, 0.4) is 0 Å². The van der Waals surface area contributed by atoms with Crippen molar-refractivity contribution in [2.75, 3.05) is 10.6 Å². The molecule has 4 aromatic rings. The highest BCUT2D eigenvalue weighted by molar-refractivity contribution is 6.06. The second kappa shape index (κ2) is 9.21. The number of carbonyl (C=O) groups is 2. The lowest BCUT2D eigenvalue weighted by Gasteiger charge is -2.16. The second-order valence-electron chi connectivity index (χ2n) is 9.04. The van der Waals surface area contributed by atoms with Gasteiger partial charge in [0.15, 0.2) is 5.65 Å². The summed E-state index contributed by atoms with van der Waals surface area (Å²) >= 11 is 0. The summed E-state index contributed by atoms with van der Waals surface area (Å²) in [5, 5.41) is 14.0. The van der Waals surface area contributed by atoms with Crippen LogP contribution in [0.2, 0.25) is 0 Å². The summed E-state index contributed by atoms with van der Waals surface area (Å²) in [6, 6.07) is 18.1. The fourth-order valence-electron chi connectivity index (χ4n) is 4.26. The molecule has 8 heteroatoms. The van der Waals surface area contributed by atoms with Crippen molar-refractivity contribution in [3.05, 3.63) is 83.2 Å². The maximum atomic E-state index is 13.3. The molecule has 0 aliphatic heterocycles. The van der Waals surface area contributed by atoms with E-state index in [1.54, 1.807) is 4.68 Å². The van der Waals surface area contributed by atoms with Gasteiger partial charge in [-0.1, -0.05) is 30.3 Å². The van der Waals surface area contributed by atoms with Gasteiger partial charge in [0.1, 0.15) is 0 Å². The summed E-state index contributed by atoms with van der Waals surface area (Å²) in [6.07, 6.45) is 2.22. The van der Waals surface area contributed by atoms with Crippen molar-refractivity contribution in [2.45, 2.75) is 38.6 Å². The van der Waals surface area contributed by atoms with Crippen LogP contribution < -0.4 is 16.0 Å². The quantitative estimate of drug-likeness (QED) is 0.358. The molecule has 5 rings (SSSR count). The molecule has 1 atom stereocenters. The molecule has 2 heterocycles. The minimum Gasteiger partial charge on any atom is -0.345 e. The van der Waals surface area contributed by atoms with E-state index in [-0.39, 0.29) is 18.0 Å². The number of nitrogens with one attached hydrogen (secondary N) is 3. The second-order valence-corrected chi connectivity index (χ2v) is 9.04. The number of aryl methyl sites for hydroxylation is 2. The van der Waals surface area contributed by atoms with Crippen LogP contribution in [0.1, 0.15) is 59.0 Å². The van der Waals surface area contributed by atoms with Crippen molar-refractivity contribution in [3.8, 4) is 0 Å². The van der Waals surface area contributed by atoms with Gasteiger partial charge in [-0.25, -0.2) is 9.78 Å². The van der Waals surface area contributed by atoms with Gasteiger partial charge < -0.3 is 16.0 Å². The van der Waals surface area contributed by atoms with Crippen LogP contribution >= 0.6 is 0 Å². The Morgan fingerprint density at radius 3 is 2.31 bits per heavy atom. The smallest absolute Gasteiger partial charge is 0.323 e. The fourth-order valence-corrected chi connectivity index (χ4v) is 4.26. The topological polar surface area (TPSA) is 101 Å². The standard InChI is InChI=1S/C27H28N6O2/c1-16(18-11-13-21(14-12-18)30-27(35)29-20-7-5-4-6-8-20)28-26(34)22-15-23(19-9-10-19)31-25-24(22)17(2)32-33(25)3/h4-8,11-16,19H,9-10H2,1-3H3,(H,28,34)(H2,29,30,35). The van der Waals surface area contributed by atoms with E-state index in [0.29, 0.717) is 17.2 Å². The zero-order valence-corrected chi connectivity index (χ0v) is 20.0. The van der Waals surface area contributed by atoms with E-state index in [0.717, 1.165) is 46.5 Å². The summed E-state index contributed by atoms with van der Waals surface area (Å²) in [4.78, 5) is 30.4. The predicted octanol–water partition coefficient (Wildman–Crippen LogP) is 5.29. The van der Waals surface area contributed by atoms with Crippen LogP contribution in [-0.2, 0) is 7.05 Å². The van der Waals surface area contributed by atoms with Gasteiger partial charge in [0, 0.05) is 30.0 Å². The van der Waals surface area contributed by atoms with Gasteiger partial charge in [0.2, 0.25) is 0 Å². The Kier molecular flexibility index (Phi) is 5.94. The van der Waals surface area contributed by atoms with Crippen molar-refractivity contribution in [3.63, 3.8) is 0 Å². The number of aromatic nitrogens is 3. The first-order chi connectivity index (χ1) is 16.9. The molecule has 1 fully saturated rings. The molecule has 8 nitrogen and oxygen atoms in total. The van der Waals surface area contributed by atoms with E-state index in [2.05, 4.69) is 21.0 Å². The number of rotatable bonds is 6. The van der Waals surface area contributed by atoms with Crippen LogP contribution in [0, 0.1) is 6.92 Å². The molecule has 3 amide bonds. The van der Waals surface area contributed by atoms with Gasteiger partial charge in [0.25, 0.3) is 5.91 Å². The van der Waals surface area contributed by atoms with E-state index in [9.17, 15) is 9.59 Å². The first kappa shape index (κ1) is 22.6. The average molecular weight is 469 g/mol. The molecule has 178 valence electrons. The molecule has 0 spiro atoms. The number of hydrogen-bond acceptors (Lipinski definition) is 4. The van der Waals surface area contributed by atoms with Gasteiger partial charge in [-0.15, -0.1) is 0 Å². The van der Waals surface area contributed by atoms with Crippen molar-refractivity contribution < 1.29 is 9.59 Å². The highest BCUT2D eigenvalue weighted by Crippen LogP contribution is 2.40. The van der Waals surface area contributed by atoms with Gasteiger partial charge >= 0.3 is 6.03 Å². The van der Waals surface area contributed by atoms with Crippen molar-refractivity contribution in [2.24, 2.45) is 7.05 Å². The largest absolute Gasteiger partial charge is 0.345 e. The number of carbonyl (C=O) groups excluding carboxylic acids is 2. The third-order valence-electron chi connectivity index (χ3n) is 6.28. The normalized spacial score (nSPS) is 13.9. The summed E-state index contributed by atoms with van der Waals surface area (Å²) in [5.74, 6) is 0.282. The number of para-hydroxylation sites is 1. The number of nitrogens with zero attached hydrogens (tertiary/aromatic N) is 3. The lowest BCUT2D eigenvalue weighted by Crippen LogP contribution is -2.27. The lowest BCUT2D eigenvalue weighted by atomic mass is 10.0. The molecule has 0 bridgehead atoms. The number of amides is 3. The lowest BCUT2D eigenvalue weighted by molar-refractivity contribution is 0.0941. The molecule has 1 aliphatic rings. The third-order valence-corrected chi connectivity index (χ3v) is 6.28. The van der Waals surface area contributed by atoms with Crippen LogP contribution in [-0.4, -0.2) is 26.7 Å². The summed E-state index contributed by atoms with van der Waals surface area (Å²) in [6.45, 7) is 3.85. The molecule has 2 aromatic heterocycles. The molecule has 0 radical (unpaired) electrons. The molecular formula is C27H28N6O2. The van der Waals surface area contributed by atoms with Crippen LogP contribution in [0.5, 0.6) is 0 Å². The number of pyridine rings is 1. The van der Waals surface area contributed by atoms with E-state index in [1.165, 1.54) is 0 Å². The number of hydrogen-bond donors (Lipinski definition) is 3. The molecule has 35 heavy (non-hydrogen) atoms. The van der Waals surface area contributed by atoms with Gasteiger partial charge in [-0.2, -0.15) is 5.10 Å². The first-order valence-electron chi connectivity index (χ1n) is 11.8. The molecular weight excluding hydrogens is 440 g/mol. The first-order valence-corrected chi connectivity index (χ1v) is 11.8. The van der Waals surface area contributed by atoms with Crippen LogP contribution in [0.15, 0.2) is 60.7 Å². The number of anilines is 2. The highest BCUT2D eigenvalue weighted by atomic mass is 16.2. The molecule has 0 saturated heterocycles. The Morgan fingerprint density at radius 2 is 1.66 bits per heavy atom. The fraction of sp³-hybridized carbons (Fsp3) is 0.259. The molecule has 1 aliphatic carbocycles. The van der Waals surface area contributed by atoms with E-state index >= 15 is 0 Å². The van der Waals surface area contributed by atoms with Crippen molar-refractivity contribution >= 4 is 34.3 Å². The minimum absolute atomic E-state index is 0.146. The molecule has 1 saturated carbocycles. The molecule has 3 N–H and O–H groups in total.